The zero-order valence-corrected chi connectivity index (χ0v) is 17.8. The number of carbonyl (C=O) groups is 1. The average Bonchev–Trinajstić information content (AvgIpc) is 3.18. The SMILES string of the molecule is CCOC(=O)C1(Cc2cccc(OC)c2)CCN(Cc2c[nH]c3ccccc23)CC1. The van der Waals surface area contributed by atoms with Crippen LogP contribution >= 0.6 is 0 Å². The van der Waals surface area contributed by atoms with E-state index in [2.05, 4.69) is 46.4 Å². The van der Waals surface area contributed by atoms with E-state index in [1.54, 1.807) is 7.11 Å². The van der Waals surface area contributed by atoms with Crippen molar-refractivity contribution in [3.63, 3.8) is 0 Å². The third-order valence-electron chi connectivity index (χ3n) is 6.27. The smallest absolute Gasteiger partial charge is 0.312 e. The standard InChI is InChI=1S/C25H30N2O3/c1-3-30-24(28)25(16-19-7-6-8-21(15-19)29-2)11-13-27(14-12-25)18-20-17-26-23-10-5-4-9-22(20)23/h4-10,15,17,26H,3,11-14,16,18H2,1-2H3. The Kier molecular flexibility index (Phi) is 6.09. The van der Waals surface area contributed by atoms with Crippen LogP contribution in [0.15, 0.2) is 54.7 Å². The van der Waals surface area contributed by atoms with Crippen molar-refractivity contribution in [2.45, 2.75) is 32.7 Å². The van der Waals surface area contributed by atoms with Crippen molar-refractivity contribution >= 4 is 16.9 Å². The van der Waals surface area contributed by atoms with E-state index >= 15 is 0 Å². The minimum Gasteiger partial charge on any atom is -0.497 e. The first-order valence-corrected chi connectivity index (χ1v) is 10.7. The van der Waals surface area contributed by atoms with Gasteiger partial charge in [0.15, 0.2) is 0 Å². The summed E-state index contributed by atoms with van der Waals surface area (Å²) < 4.78 is 10.9. The molecule has 1 N–H and O–H groups in total. The Morgan fingerprint density at radius 1 is 1.13 bits per heavy atom. The number of aromatic amines is 1. The number of para-hydroxylation sites is 1. The highest BCUT2D eigenvalue weighted by Gasteiger charge is 2.42. The highest BCUT2D eigenvalue weighted by Crippen LogP contribution is 2.38. The van der Waals surface area contributed by atoms with Crippen molar-refractivity contribution < 1.29 is 14.3 Å². The Bertz CT molecular complexity index is 1000. The Hall–Kier alpha value is -2.79. The van der Waals surface area contributed by atoms with E-state index in [0.717, 1.165) is 43.8 Å². The number of methoxy groups -OCH3 is 1. The van der Waals surface area contributed by atoms with E-state index in [4.69, 9.17) is 9.47 Å². The van der Waals surface area contributed by atoms with Gasteiger partial charge in [-0.1, -0.05) is 30.3 Å². The predicted octanol–water partition coefficient (Wildman–Crippen LogP) is 4.56. The number of likely N-dealkylation sites (tertiary alicyclic amines) is 1. The summed E-state index contributed by atoms with van der Waals surface area (Å²) in [5.41, 5.74) is 3.12. The zero-order chi connectivity index (χ0) is 21.0. The van der Waals surface area contributed by atoms with Gasteiger partial charge in [0.2, 0.25) is 0 Å². The number of fused-ring (bicyclic) bond motifs is 1. The molecule has 1 fully saturated rings. The Balaban J connectivity index is 1.49. The lowest BCUT2D eigenvalue weighted by Gasteiger charge is -2.40. The van der Waals surface area contributed by atoms with Crippen LogP contribution in [0.5, 0.6) is 5.75 Å². The number of benzene rings is 2. The van der Waals surface area contributed by atoms with Crippen molar-refractivity contribution in [3.8, 4) is 5.75 Å². The largest absolute Gasteiger partial charge is 0.497 e. The van der Waals surface area contributed by atoms with Crippen LogP contribution in [0.2, 0.25) is 0 Å². The van der Waals surface area contributed by atoms with Crippen LogP contribution in [0.25, 0.3) is 10.9 Å². The van der Waals surface area contributed by atoms with Crippen LogP contribution in [-0.4, -0.2) is 42.7 Å². The molecule has 0 radical (unpaired) electrons. The molecule has 1 aliphatic heterocycles. The third kappa shape index (κ3) is 4.21. The van der Waals surface area contributed by atoms with Gasteiger partial charge in [-0.2, -0.15) is 0 Å². The second-order valence-corrected chi connectivity index (χ2v) is 8.16. The van der Waals surface area contributed by atoms with Crippen LogP contribution in [0.3, 0.4) is 0 Å². The number of aromatic nitrogens is 1. The predicted molar refractivity (Wildman–Crippen MR) is 119 cm³/mol. The molecule has 1 aliphatic rings. The second kappa shape index (κ2) is 8.92. The van der Waals surface area contributed by atoms with Crippen LogP contribution < -0.4 is 4.74 Å². The normalized spacial score (nSPS) is 16.5. The van der Waals surface area contributed by atoms with Crippen molar-refractivity contribution in [1.29, 1.82) is 0 Å². The summed E-state index contributed by atoms with van der Waals surface area (Å²) in [7, 11) is 1.67. The number of ether oxygens (including phenoxy) is 2. The van der Waals surface area contributed by atoms with Gasteiger partial charge in [-0.3, -0.25) is 9.69 Å². The third-order valence-corrected chi connectivity index (χ3v) is 6.27. The summed E-state index contributed by atoms with van der Waals surface area (Å²) in [5, 5.41) is 1.27. The summed E-state index contributed by atoms with van der Waals surface area (Å²) in [6, 6.07) is 16.4. The van der Waals surface area contributed by atoms with Crippen LogP contribution in [-0.2, 0) is 22.5 Å². The number of carbonyl (C=O) groups excluding carboxylic acids is 1. The van der Waals surface area contributed by atoms with Gasteiger partial charge in [0.05, 0.1) is 19.1 Å². The number of piperidine rings is 1. The number of rotatable bonds is 7. The molecular weight excluding hydrogens is 376 g/mol. The van der Waals surface area contributed by atoms with Crippen LogP contribution in [0, 0.1) is 5.41 Å². The fraction of sp³-hybridized carbons (Fsp3) is 0.400. The Morgan fingerprint density at radius 3 is 2.70 bits per heavy atom. The van der Waals surface area contributed by atoms with Crippen molar-refractivity contribution in [1.82, 2.24) is 9.88 Å². The molecule has 30 heavy (non-hydrogen) atoms. The maximum atomic E-state index is 13.0. The fourth-order valence-corrected chi connectivity index (χ4v) is 4.55. The molecule has 0 spiro atoms. The molecule has 0 bridgehead atoms. The molecule has 4 rings (SSSR count). The summed E-state index contributed by atoms with van der Waals surface area (Å²) in [6.45, 7) is 4.94. The lowest BCUT2D eigenvalue weighted by atomic mass is 9.73. The molecule has 0 atom stereocenters. The van der Waals surface area contributed by atoms with E-state index in [1.165, 1.54) is 16.5 Å². The molecule has 1 saturated heterocycles. The number of hydrogen-bond donors (Lipinski definition) is 1. The quantitative estimate of drug-likeness (QED) is 0.584. The molecule has 1 aromatic heterocycles. The molecule has 0 saturated carbocycles. The summed E-state index contributed by atoms with van der Waals surface area (Å²) in [4.78, 5) is 18.8. The van der Waals surface area contributed by atoms with Crippen molar-refractivity contribution in [3.05, 3.63) is 65.9 Å². The molecule has 0 amide bonds. The number of esters is 1. The molecule has 0 unspecified atom stereocenters. The van der Waals surface area contributed by atoms with Gasteiger partial charge in [0.1, 0.15) is 5.75 Å². The minimum absolute atomic E-state index is 0.0698. The first-order valence-electron chi connectivity index (χ1n) is 10.7. The molecule has 0 aliphatic carbocycles. The molecule has 3 aromatic rings. The molecular formula is C25H30N2O3. The van der Waals surface area contributed by atoms with Gasteiger partial charge in [0, 0.05) is 23.6 Å². The lowest BCUT2D eigenvalue weighted by Crippen LogP contribution is -2.46. The van der Waals surface area contributed by atoms with Gasteiger partial charge in [-0.15, -0.1) is 0 Å². The Labute approximate surface area is 178 Å². The summed E-state index contributed by atoms with van der Waals surface area (Å²) >= 11 is 0. The van der Waals surface area contributed by atoms with Gasteiger partial charge < -0.3 is 14.5 Å². The Morgan fingerprint density at radius 2 is 1.93 bits per heavy atom. The monoisotopic (exact) mass is 406 g/mol. The van der Waals surface area contributed by atoms with E-state index in [1.807, 2.05) is 25.1 Å². The highest BCUT2D eigenvalue weighted by molar-refractivity contribution is 5.83. The average molecular weight is 407 g/mol. The van der Waals surface area contributed by atoms with E-state index in [-0.39, 0.29) is 5.97 Å². The van der Waals surface area contributed by atoms with E-state index in [9.17, 15) is 4.79 Å². The minimum atomic E-state index is -0.473. The first kappa shape index (κ1) is 20.5. The highest BCUT2D eigenvalue weighted by atomic mass is 16.5. The summed E-state index contributed by atoms with van der Waals surface area (Å²) in [6.07, 6.45) is 4.38. The number of nitrogens with zero attached hydrogens (tertiary/aromatic N) is 1. The molecule has 2 aromatic carbocycles. The van der Waals surface area contributed by atoms with E-state index in [0.29, 0.717) is 13.0 Å². The van der Waals surface area contributed by atoms with E-state index < -0.39 is 5.41 Å². The van der Waals surface area contributed by atoms with Gasteiger partial charge >= 0.3 is 5.97 Å². The van der Waals surface area contributed by atoms with Crippen LogP contribution in [0.1, 0.15) is 30.9 Å². The molecule has 5 heteroatoms. The van der Waals surface area contributed by atoms with Gasteiger partial charge in [-0.05, 0) is 68.6 Å². The van der Waals surface area contributed by atoms with Gasteiger partial charge in [0.25, 0.3) is 0 Å². The topological polar surface area (TPSA) is 54.6 Å². The van der Waals surface area contributed by atoms with Crippen molar-refractivity contribution in [2.24, 2.45) is 5.41 Å². The van der Waals surface area contributed by atoms with Crippen molar-refractivity contribution in [2.75, 3.05) is 26.8 Å². The summed E-state index contributed by atoms with van der Waals surface area (Å²) in [5.74, 6) is 0.753. The molecule has 5 nitrogen and oxygen atoms in total. The molecule has 2 heterocycles. The lowest BCUT2D eigenvalue weighted by molar-refractivity contribution is -0.158. The zero-order valence-electron chi connectivity index (χ0n) is 17.8. The first-order chi connectivity index (χ1) is 14.6. The molecule has 158 valence electrons. The number of hydrogen-bond acceptors (Lipinski definition) is 4. The van der Waals surface area contributed by atoms with Gasteiger partial charge in [-0.25, -0.2) is 0 Å². The number of H-pyrrole nitrogens is 1. The second-order valence-electron chi connectivity index (χ2n) is 8.16. The maximum Gasteiger partial charge on any atom is 0.312 e. The number of nitrogens with one attached hydrogen (secondary N) is 1. The maximum absolute atomic E-state index is 13.0. The van der Waals surface area contributed by atoms with Crippen LogP contribution in [0.4, 0.5) is 0 Å². The fourth-order valence-electron chi connectivity index (χ4n) is 4.55.